The molecule has 0 unspecified atom stereocenters. The molecule has 0 aliphatic heterocycles. The van der Waals surface area contributed by atoms with Gasteiger partial charge in [-0.1, -0.05) is 47.6 Å². The average molecular weight is 496 g/mol. The maximum absolute atomic E-state index is 12.9. The van der Waals surface area contributed by atoms with Gasteiger partial charge in [-0.25, -0.2) is 4.79 Å². The summed E-state index contributed by atoms with van der Waals surface area (Å²) in [6.45, 7) is 5.53. The summed E-state index contributed by atoms with van der Waals surface area (Å²) in [6, 6.07) is 21.1. The van der Waals surface area contributed by atoms with E-state index in [9.17, 15) is 4.79 Å². The normalized spacial score (nSPS) is 12.4. The number of hydrogen-bond acceptors (Lipinski definition) is 6. The molecule has 37 heavy (non-hydrogen) atoms. The van der Waals surface area contributed by atoms with Crippen LogP contribution in [-0.2, 0) is 18.2 Å². The van der Waals surface area contributed by atoms with Gasteiger partial charge in [-0.2, -0.15) is 5.10 Å². The fourth-order valence-electron chi connectivity index (χ4n) is 4.30. The van der Waals surface area contributed by atoms with Crippen LogP contribution in [0.5, 0.6) is 0 Å². The van der Waals surface area contributed by atoms with E-state index in [1.165, 1.54) is 0 Å². The summed E-state index contributed by atoms with van der Waals surface area (Å²) in [5, 5.41) is 12.6. The van der Waals surface area contributed by atoms with E-state index in [4.69, 9.17) is 14.2 Å². The van der Waals surface area contributed by atoms with Crippen LogP contribution in [0.3, 0.4) is 0 Å². The summed E-state index contributed by atoms with van der Waals surface area (Å²) in [5.41, 5.74) is 5.12. The molecule has 8 nitrogen and oxygen atoms in total. The van der Waals surface area contributed by atoms with Gasteiger partial charge in [-0.15, -0.1) is 0 Å². The molecule has 0 saturated heterocycles. The molecule has 1 atom stereocenters. The Morgan fingerprint density at radius 1 is 1.05 bits per heavy atom. The zero-order valence-electron chi connectivity index (χ0n) is 21.3. The molecule has 5 rings (SSSR count). The number of nitrogens with zero attached hydrogens (tertiary/aromatic N) is 4. The van der Waals surface area contributed by atoms with E-state index in [2.05, 4.69) is 15.6 Å². The van der Waals surface area contributed by atoms with Crippen LogP contribution >= 0.6 is 0 Å². The molecular weight excluding hydrogens is 466 g/mol. The maximum Gasteiger partial charge on any atom is 0.408 e. The lowest BCUT2D eigenvalue weighted by molar-refractivity contribution is 0.0503. The van der Waals surface area contributed by atoms with Gasteiger partial charge in [0.2, 0.25) is 0 Å². The number of carbonyl (C=O) groups excluding carboxylic acids is 1. The number of aromatic nitrogens is 4. The zero-order chi connectivity index (χ0) is 26.0. The second-order valence-corrected chi connectivity index (χ2v) is 9.93. The summed E-state index contributed by atoms with van der Waals surface area (Å²) in [5.74, 6) is 0. The van der Waals surface area contributed by atoms with Crippen LogP contribution in [0.2, 0.25) is 0 Å². The summed E-state index contributed by atoms with van der Waals surface area (Å²) in [4.78, 5) is 17.8. The average Bonchev–Trinajstić information content (AvgIpc) is 3.49. The number of rotatable bonds is 6. The second-order valence-electron chi connectivity index (χ2n) is 9.93. The number of fused-ring (bicyclic) bond motifs is 1. The molecule has 1 N–H and O–H groups in total. The molecule has 2 aromatic carbocycles. The lowest BCUT2D eigenvalue weighted by Crippen LogP contribution is -2.36. The summed E-state index contributed by atoms with van der Waals surface area (Å²) < 4.78 is 12.9. The van der Waals surface area contributed by atoms with Crippen LogP contribution in [-0.4, -0.2) is 31.6 Å². The molecule has 3 heterocycles. The van der Waals surface area contributed by atoms with Gasteiger partial charge in [0.05, 0.1) is 17.9 Å². The maximum atomic E-state index is 12.9. The molecule has 1 amide bonds. The standard InChI is InChI=1S/C29H29N5O3/c1-29(2,3)36-28(35)32-25(16-20-10-9-14-24(31-20)19-17-30-34(4)18-19)21-11-5-6-12-22(21)27-23-13-7-8-15-26(23)37-33-27/h5-15,17-18,25H,16H2,1-4H3,(H,32,35)/t25-/m0/s1. The highest BCUT2D eigenvalue weighted by Crippen LogP contribution is 2.34. The third-order valence-corrected chi connectivity index (χ3v) is 5.88. The Morgan fingerprint density at radius 2 is 1.84 bits per heavy atom. The van der Waals surface area contributed by atoms with E-state index in [-0.39, 0.29) is 0 Å². The number of hydrogen-bond donors (Lipinski definition) is 1. The van der Waals surface area contributed by atoms with E-state index in [1.54, 1.807) is 10.9 Å². The van der Waals surface area contributed by atoms with Gasteiger partial charge in [0.25, 0.3) is 0 Å². The molecule has 0 spiro atoms. The summed E-state index contributed by atoms with van der Waals surface area (Å²) in [7, 11) is 1.87. The monoisotopic (exact) mass is 495 g/mol. The van der Waals surface area contributed by atoms with Crippen LogP contribution in [0, 0.1) is 0 Å². The molecule has 0 radical (unpaired) electrons. The van der Waals surface area contributed by atoms with Crippen LogP contribution in [0.1, 0.15) is 38.1 Å². The minimum atomic E-state index is -0.630. The summed E-state index contributed by atoms with van der Waals surface area (Å²) in [6.07, 6.45) is 3.65. The number of aryl methyl sites for hydroxylation is 1. The zero-order valence-corrected chi connectivity index (χ0v) is 21.3. The first kappa shape index (κ1) is 24.2. The topological polar surface area (TPSA) is 95.1 Å². The first-order valence-corrected chi connectivity index (χ1v) is 12.1. The van der Waals surface area contributed by atoms with Gasteiger partial charge >= 0.3 is 6.09 Å². The Morgan fingerprint density at radius 3 is 2.62 bits per heavy atom. The minimum Gasteiger partial charge on any atom is -0.444 e. The van der Waals surface area contributed by atoms with Crippen molar-refractivity contribution < 1.29 is 14.1 Å². The van der Waals surface area contributed by atoms with Gasteiger partial charge in [0, 0.05) is 41.9 Å². The van der Waals surface area contributed by atoms with Crippen LogP contribution in [0.15, 0.2) is 83.6 Å². The van der Waals surface area contributed by atoms with Crippen molar-refractivity contribution in [2.45, 2.75) is 38.8 Å². The molecule has 0 aliphatic carbocycles. The minimum absolute atomic E-state index is 0.432. The lowest BCUT2D eigenvalue weighted by atomic mass is 9.93. The third-order valence-electron chi connectivity index (χ3n) is 5.88. The number of para-hydroxylation sites is 1. The number of pyridine rings is 1. The van der Waals surface area contributed by atoms with E-state index in [1.807, 2.05) is 101 Å². The van der Waals surface area contributed by atoms with Gasteiger partial charge < -0.3 is 14.6 Å². The Bertz CT molecular complexity index is 1550. The highest BCUT2D eigenvalue weighted by Gasteiger charge is 2.25. The van der Waals surface area contributed by atoms with Crippen molar-refractivity contribution in [2.24, 2.45) is 7.05 Å². The predicted molar refractivity (Wildman–Crippen MR) is 142 cm³/mol. The van der Waals surface area contributed by atoms with Gasteiger partial charge in [0.1, 0.15) is 11.3 Å². The third kappa shape index (κ3) is 5.53. The fraction of sp³-hybridized carbons (Fsp3) is 0.241. The van der Waals surface area contributed by atoms with Gasteiger partial charge in [-0.3, -0.25) is 9.67 Å². The molecular formula is C29H29N5O3. The van der Waals surface area contributed by atoms with E-state index >= 15 is 0 Å². The Kier molecular flexibility index (Phi) is 6.48. The molecule has 8 heteroatoms. The number of benzene rings is 2. The largest absolute Gasteiger partial charge is 0.444 e. The van der Waals surface area contributed by atoms with Gasteiger partial charge in [-0.05, 0) is 50.6 Å². The lowest BCUT2D eigenvalue weighted by Gasteiger charge is -2.25. The highest BCUT2D eigenvalue weighted by atomic mass is 16.6. The number of nitrogens with one attached hydrogen (secondary N) is 1. The SMILES string of the molecule is Cn1cc(-c2cccc(C[C@H](NC(=O)OC(C)(C)C)c3ccccc3-c3noc4ccccc34)n2)cn1. The van der Waals surface area contributed by atoms with Gasteiger partial charge in [0.15, 0.2) is 5.58 Å². The van der Waals surface area contributed by atoms with Crippen molar-refractivity contribution in [1.29, 1.82) is 0 Å². The number of carbonyl (C=O) groups is 1. The molecule has 0 fully saturated rings. The predicted octanol–water partition coefficient (Wildman–Crippen LogP) is 6.10. The Labute approximate surface area is 215 Å². The Balaban J connectivity index is 1.54. The van der Waals surface area contributed by atoms with Crippen molar-refractivity contribution in [2.75, 3.05) is 0 Å². The quantitative estimate of drug-likeness (QED) is 0.306. The smallest absolute Gasteiger partial charge is 0.408 e. The van der Waals surface area contributed by atoms with Crippen LogP contribution < -0.4 is 5.32 Å². The fourth-order valence-corrected chi connectivity index (χ4v) is 4.30. The van der Waals surface area contributed by atoms with Crippen LogP contribution in [0.25, 0.3) is 33.5 Å². The number of alkyl carbamates (subject to hydrolysis) is 1. The Hall–Kier alpha value is -4.46. The molecule has 0 bridgehead atoms. The number of amides is 1. The molecule has 0 saturated carbocycles. The van der Waals surface area contributed by atoms with Crippen molar-refractivity contribution >= 4 is 17.1 Å². The van der Waals surface area contributed by atoms with Crippen molar-refractivity contribution in [1.82, 2.24) is 25.2 Å². The van der Waals surface area contributed by atoms with E-state index in [0.29, 0.717) is 12.0 Å². The first-order valence-electron chi connectivity index (χ1n) is 12.1. The second kappa shape index (κ2) is 9.89. The highest BCUT2D eigenvalue weighted by molar-refractivity contribution is 5.92. The molecule has 3 aromatic heterocycles. The van der Waals surface area contributed by atoms with Crippen LogP contribution in [0.4, 0.5) is 4.79 Å². The molecule has 5 aromatic rings. The van der Waals surface area contributed by atoms with E-state index in [0.717, 1.165) is 39.2 Å². The number of ether oxygens (including phenoxy) is 1. The molecule has 0 aliphatic rings. The van der Waals surface area contributed by atoms with Crippen molar-refractivity contribution in [3.63, 3.8) is 0 Å². The van der Waals surface area contributed by atoms with Crippen molar-refractivity contribution in [3.8, 4) is 22.5 Å². The van der Waals surface area contributed by atoms with Crippen molar-refractivity contribution in [3.05, 3.63) is 90.4 Å². The first-order chi connectivity index (χ1) is 17.8. The van der Waals surface area contributed by atoms with E-state index < -0.39 is 17.7 Å². The molecule has 188 valence electrons. The summed E-state index contributed by atoms with van der Waals surface area (Å²) >= 11 is 0.